The topological polar surface area (TPSA) is 21.7 Å². The van der Waals surface area contributed by atoms with E-state index in [0.29, 0.717) is 12.5 Å². The van der Waals surface area contributed by atoms with E-state index in [9.17, 15) is 0 Å². The summed E-state index contributed by atoms with van der Waals surface area (Å²) >= 11 is 0. The molecule has 0 radical (unpaired) electrons. The van der Waals surface area contributed by atoms with Crippen molar-refractivity contribution in [3.05, 3.63) is 29.8 Å². The molecule has 1 spiro atoms. The van der Waals surface area contributed by atoms with E-state index < -0.39 is 0 Å². The molecule has 0 amide bonds. The van der Waals surface area contributed by atoms with Crippen LogP contribution in [0.3, 0.4) is 0 Å². The van der Waals surface area contributed by atoms with E-state index in [4.69, 9.17) is 9.47 Å². The normalized spacial score (nSPS) is 40.4. The number of rotatable bonds is 5. The van der Waals surface area contributed by atoms with Gasteiger partial charge in [0.25, 0.3) is 0 Å². The van der Waals surface area contributed by atoms with Crippen molar-refractivity contribution in [1.29, 1.82) is 0 Å². The van der Waals surface area contributed by atoms with Crippen LogP contribution in [0, 0.1) is 17.3 Å². The molecule has 28 heavy (non-hydrogen) atoms. The van der Waals surface area contributed by atoms with Crippen LogP contribution in [0.4, 0.5) is 0 Å². The Labute approximate surface area is 169 Å². The predicted octanol–water partition coefficient (Wildman–Crippen LogP) is 5.00. The number of nitrogens with zero attached hydrogens (tertiary/aromatic N) is 1. The second-order valence-electron chi connectivity index (χ2n) is 10.2. The van der Waals surface area contributed by atoms with Crippen molar-refractivity contribution in [3.8, 4) is 5.75 Å². The zero-order chi connectivity index (χ0) is 18.6. The average molecular weight is 382 g/mol. The Morgan fingerprint density at radius 2 is 1.89 bits per heavy atom. The van der Waals surface area contributed by atoms with Crippen molar-refractivity contribution in [1.82, 2.24) is 4.90 Å². The number of para-hydroxylation sites is 1. The highest BCUT2D eigenvalue weighted by atomic mass is 16.5. The molecule has 3 saturated carbocycles. The van der Waals surface area contributed by atoms with E-state index in [2.05, 4.69) is 29.2 Å². The summed E-state index contributed by atoms with van der Waals surface area (Å²) in [5, 5.41) is 0. The summed E-state index contributed by atoms with van der Waals surface area (Å²) in [5.74, 6) is 3.95. The molecule has 5 atom stereocenters. The lowest BCUT2D eigenvalue weighted by atomic mass is 9.65. The van der Waals surface area contributed by atoms with Crippen LogP contribution in [0.2, 0.25) is 0 Å². The Balaban J connectivity index is 1.06. The first-order valence-corrected chi connectivity index (χ1v) is 11.9. The lowest BCUT2D eigenvalue weighted by Crippen LogP contribution is -2.54. The molecule has 2 saturated heterocycles. The molecule has 6 rings (SSSR count). The zero-order valence-electron chi connectivity index (χ0n) is 17.2. The first kappa shape index (κ1) is 17.8. The Bertz CT molecular complexity index is 704. The largest absolute Gasteiger partial charge is 0.491 e. The van der Waals surface area contributed by atoms with Crippen LogP contribution < -0.4 is 4.74 Å². The van der Waals surface area contributed by atoms with Gasteiger partial charge in [0.15, 0.2) is 0 Å². The SMILES string of the molecule is c1ccc(C2CCN([C@H]3CC45CC4CCC35)CC2)c(OC[C@H]2CCCCO2)c1. The molecule has 0 N–H and O–H groups in total. The minimum Gasteiger partial charge on any atom is -0.491 e. The van der Waals surface area contributed by atoms with Gasteiger partial charge in [0, 0.05) is 12.6 Å². The Morgan fingerprint density at radius 3 is 2.68 bits per heavy atom. The van der Waals surface area contributed by atoms with Crippen molar-refractivity contribution >= 4 is 0 Å². The summed E-state index contributed by atoms with van der Waals surface area (Å²) in [7, 11) is 0. The standard InChI is InChI=1S/C25H35NO2/c1-2-7-24(28-17-20-5-3-4-14-27-20)21(6-1)18-10-12-26(13-11-18)23-16-25-15-19(25)8-9-22(23)25/h1-2,6-7,18-20,22-23H,3-5,8-17H2/t19?,20-,22?,23+,25?/m1/s1. The van der Waals surface area contributed by atoms with Crippen LogP contribution in [0.1, 0.15) is 69.3 Å². The van der Waals surface area contributed by atoms with Gasteiger partial charge in [-0.25, -0.2) is 0 Å². The number of benzene rings is 1. The maximum absolute atomic E-state index is 6.27. The number of piperidine rings is 1. The molecular weight excluding hydrogens is 346 g/mol. The molecule has 2 heterocycles. The molecule has 1 aromatic rings. The van der Waals surface area contributed by atoms with E-state index in [1.54, 1.807) is 6.42 Å². The van der Waals surface area contributed by atoms with Gasteiger partial charge in [0.1, 0.15) is 12.4 Å². The molecule has 1 aromatic carbocycles. The second kappa shape index (κ2) is 7.02. The maximum atomic E-state index is 6.27. The summed E-state index contributed by atoms with van der Waals surface area (Å²) in [6, 6.07) is 9.71. The highest BCUT2D eigenvalue weighted by molar-refractivity contribution is 5.36. The van der Waals surface area contributed by atoms with Gasteiger partial charge in [-0.15, -0.1) is 0 Å². The van der Waals surface area contributed by atoms with Crippen molar-refractivity contribution in [2.45, 2.75) is 75.9 Å². The fraction of sp³-hybridized carbons (Fsp3) is 0.760. The summed E-state index contributed by atoms with van der Waals surface area (Å²) in [5.41, 5.74) is 2.29. The van der Waals surface area contributed by atoms with Crippen LogP contribution in [0.5, 0.6) is 5.75 Å². The molecule has 3 heteroatoms. The van der Waals surface area contributed by atoms with Crippen LogP contribution in [-0.4, -0.2) is 43.3 Å². The Hall–Kier alpha value is -1.06. The number of ether oxygens (including phenoxy) is 2. The summed E-state index contributed by atoms with van der Waals surface area (Å²) in [6.45, 7) is 4.18. The molecule has 5 fully saturated rings. The quantitative estimate of drug-likeness (QED) is 0.716. The van der Waals surface area contributed by atoms with Crippen LogP contribution in [-0.2, 0) is 4.74 Å². The van der Waals surface area contributed by atoms with E-state index in [0.717, 1.165) is 42.1 Å². The molecule has 3 unspecified atom stereocenters. The summed E-state index contributed by atoms with van der Waals surface area (Å²) in [4.78, 5) is 2.85. The molecule has 0 bridgehead atoms. The number of hydrogen-bond donors (Lipinski definition) is 0. The lowest BCUT2D eigenvalue weighted by Gasteiger charge is -2.51. The van der Waals surface area contributed by atoms with Gasteiger partial charge in [-0.1, -0.05) is 18.2 Å². The van der Waals surface area contributed by atoms with Crippen LogP contribution >= 0.6 is 0 Å². The van der Waals surface area contributed by atoms with Gasteiger partial charge in [-0.3, -0.25) is 0 Å². The van der Waals surface area contributed by atoms with Crippen molar-refractivity contribution in [2.75, 3.05) is 26.3 Å². The zero-order valence-corrected chi connectivity index (χ0v) is 17.2. The molecule has 2 aliphatic heterocycles. The van der Waals surface area contributed by atoms with Gasteiger partial charge >= 0.3 is 0 Å². The Morgan fingerprint density at radius 1 is 1.00 bits per heavy atom. The van der Waals surface area contributed by atoms with E-state index in [-0.39, 0.29) is 6.10 Å². The third kappa shape index (κ3) is 2.92. The molecular formula is C25H35NO2. The van der Waals surface area contributed by atoms with E-state index in [1.807, 2.05) is 0 Å². The average Bonchev–Trinajstić information content (AvgIpc) is 3.42. The van der Waals surface area contributed by atoms with Gasteiger partial charge < -0.3 is 14.4 Å². The third-order valence-electron chi connectivity index (χ3n) is 8.95. The smallest absolute Gasteiger partial charge is 0.122 e. The molecule has 3 aliphatic carbocycles. The molecule has 5 aliphatic rings. The second-order valence-corrected chi connectivity index (χ2v) is 10.2. The summed E-state index contributed by atoms with van der Waals surface area (Å²) < 4.78 is 12.1. The fourth-order valence-electron chi connectivity index (χ4n) is 7.26. The van der Waals surface area contributed by atoms with Crippen molar-refractivity contribution < 1.29 is 9.47 Å². The minimum atomic E-state index is 0.284. The van der Waals surface area contributed by atoms with E-state index in [1.165, 1.54) is 63.6 Å². The highest BCUT2D eigenvalue weighted by Crippen LogP contribution is 2.76. The molecule has 152 valence electrons. The lowest BCUT2D eigenvalue weighted by molar-refractivity contribution is -0.0174. The maximum Gasteiger partial charge on any atom is 0.122 e. The third-order valence-corrected chi connectivity index (χ3v) is 8.95. The van der Waals surface area contributed by atoms with Crippen LogP contribution in [0.25, 0.3) is 0 Å². The monoisotopic (exact) mass is 381 g/mol. The van der Waals surface area contributed by atoms with Gasteiger partial charge in [0.2, 0.25) is 0 Å². The number of likely N-dealkylation sites (tertiary alicyclic amines) is 1. The minimum absolute atomic E-state index is 0.284. The predicted molar refractivity (Wildman–Crippen MR) is 111 cm³/mol. The van der Waals surface area contributed by atoms with Gasteiger partial charge in [0.05, 0.1) is 6.10 Å². The van der Waals surface area contributed by atoms with Crippen molar-refractivity contribution in [2.24, 2.45) is 17.3 Å². The first-order valence-electron chi connectivity index (χ1n) is 11.9. The Kier molecular flexibility index (Phi) is 4.46. The van der Waals surface area contributed by atoms with Crippen LogP contribution in [0.15, 0.2) is 24.3 Å². The van der Waals surface area contributed by atoms with E-state index >= 15 is 0 Å². The van der Waals surface area contributed by atoms with Crippen molar-refractivity contribution in [3.63, 3.8) is 0 Å². The number of hydrogen-bond acceptors (Lipinski definition) is 3. The fourth-order valence-corrected chi connectivity index (χ4v) is 7.26. The van der Waals surface area contributed by atoms with Gasteiger partial charge in [-0.2, -0.15) is 0 Å². The molecule has 0 aromatic heterocycles. The first-order chi connectivity index (χ1) is 13.8. The highest BCUT2D eigenvalue weighted by Gasteiger charge is 2.71. The molecule has 3 nitrogen and oxygen atoms in total. The van der Waals surface area contributed by atoms with Gasteiger partial charge in [-0.05, 0) is 106 Å². The summed E-state index contributed by atoms with van der Waals surface area (Å²) in [6.07, 6.45) is 12.6.